The summed E-state index contributed by atoms with van der Waals surface area (Å²) in [6.45, 7) is 2.09. The SMILES string of the molecule is Br.CCP.[MgH2]. The van der Waals surface area contributed by atoms with Gasteiger partial charge in [0.15, 0.2) is 0 Å². The van der Waals surface area contributed by atoms with E-state index in [2.05, 4.69) is 16.2 Å². The van der Waals surface area contributed by atoms with Gasteiger partial charge in [-0.2, -0.15) is 0 Å². The molecule has 0 nitrogen and oxygen atoms in total. The lowest BCUT2D eigenvalue weighted by Gasteiger charge is -1.48. The molecule has 0 saturated heterocycles. The highest BCUT2D eigenvalue weighted by Crippen LogP contribution is 1.68. The van der Waals surface area contributed by atoms with Crippen LogP contribution in [0, 0.1) is 0 Å². The maximum absolute atomic E-state index is 2.58. The Morgan fingerprint density at radius 2 is 1.60 bits per heavy atom. The lowest BCUT2D eigenvalue weighted by atomic mass is 11.0. The van der Waals surface area contributed by atoms with Crippen LogP contribution in [-0.2, 0) is 0 Å². The third-order valence-electron chi connectivity index (χ3n) is 0. The van der Waals surface area contributed by atoms with Crippen molar-refractivity contribution in [1.82, 2.24) is 0 Å². The molecule has 0 aliphatic carbocycles. The standard InChI is InChI=1S/C2H7P.BrH.Mg.2H/c1-2-3;;;;/h2-3H2,1H3;1H;;;. The fourth-order valence-electron chi connectivity index (χ4n) is 0. The summed E-state index contributed by atoms with van der Waals surface area (Å²) in [5.41, 5.74) is 0. The van der Waals surface area contributed by atoms with E-state index in [1.165, 1.54) is 6.16 Å². The van der Waals surface area contributed by atoms with E-state index in [4.69, 9.17) is 0 Å². The molecule has 0 spiro atoms. The third-order valence-corrected chi connectivity index (χ3v) is 0. The summed E-state index contributed by atoms with van der Waals surface area (Å²) in [5, 5.41) is 0. The zero-order chi connectivity index (χ0) is 2.71. The smallest absolute Gasteiger partial charge is 0.138 e. The predicted molar refractivity (Wildman–Crippen MR) is 39.1 cm³/mol. The molecule has 0 saturated carbocycles. The normalized spacial score (nSPS) is 3.60. The zero-order valence-electron chi connectivity index (χ0n) is 2.69. The van der Waals surface area contributed by atoms with E-state index < -0.39 is 0 Å². The molecule has 0 radical (unpaired) electrons. The largest absolute Gasteiger partial charge is 0.316 e. The fourth-order valence-corrected chi connectivity index (χ4v) is 0. The van der Waals surface area contributed by atoms with Gasteiger partial charge in [-0.3, -0.25) is 0 Å². The molecule has 0 bridgehead atoms. The molecule has 0 aliphatic rings. The number of rotatable bonds is 0. The summed E-state index contributed by atoms with van der Waals surface area (Å²) >= 11 is 0. The van der Waals surface area contributed by atoms with E-state index in [1.54, 1.807) is 0 Å². The van der Waals surface area contributed by atoms with Crippen molar-refractivity contribution in [3.8, 4) is 0 Å². The Hall–Kier alpha value is 1.68. The van der Waals surface area contributed by atoms with E-state index >= 15 is 0 Å². The quantitative estimate of drug-likeness (QED) is 0.367. The van der Waals surface area contributed by atoms with Crippen LogP contribution in [0.2, 0.25) is 0 Å². The summed E-state index contributed by atoms with van der Waals surface area (Å²) in [5.74, 6) is 0. The van der Waals surface area contributed by atoms with Crippen LogP contribution in [-0.4, -0.2) is 29.2 Å². The van der Waals surface area contributed by atoms with Gasteiger partial charge in [0.1, 0.15) is 0 Å². The monoisotopic (exact) mass is 168 g/mol. The van der Waals surface area contributed by atoms with Crippen LogP contribution in [0.3, 0.4) is 0 Å². The van der Waals surface area contributed by atoms with Crippen molar-refractivity contribution >= 4 is 49.3 Å². The van der Waals surface area contributed by atoms with Crippen LogP contribution in [0.1, 0.15) is 6.92 Å². The Morgan fingerprint density at radius 3 is 1.60 bits per heavy atom. The molecule has 0 rings (SSSR count). The topological polar surface area (TPSA) is 0 Å². The molecule has 0 fully saturated rings. The Balaban J connectivity index is -0.0000000200. The second-order valence-corrected chi connectivity index (χ2v) is 1.22. The molecule has 0 aromatic carbocycles. The molecule has 0 aromatic rings. The molecule has 0 N–H and O–H groups in total. The molecular formula is C2H10BrMgP. The minimum absolute atomic E-state index is 0. The van der Waals surface area contributed by atoms with Crippen molar-refractivity contribution in [2.45, 2.75) is 6.92 Å². The average Bonchev–Trinajstić information content (AvgIpc) is 0.918. The third kappa shape index (κ3) is 27.3. The minimum atomic E-state index is 0. The Kier molecular flexibility index (Phi) is 55.2. The first-order valence-electron chi connectivity index (χ1n) is 1.12. The maximum Gasteiger partial charge on any atom is 0.316 e. The molecule has 5 heavy (non-hydrogen) atoms. The van der Waals surface area contributed by atoms with E-state index in [1.807, 2.05) is 0 Å². The van der Waals surface area contributed by atoms with Crippen LogP contribution < -0.4 is 0 Å². The Labute approximate surface area is 62.2 Å². The summed E-state index contributed by atoms with van der Waals surface area (Å²) in [7, 11) is 2.58. The summed E-state index contributed by atoms with van der Waals surface area (Å²) in [6, 6.07) is 0. The molecule has 3 heteroatoms. The second-order valence-electron chi connectivity index (χ2n) is 0.408. The van der Waals surface area contributed by atoms with Gasteiger partial charge >= 0.3 is 23.1 Å². The first-order valence-corrected chi connectivity index (χ1v) is 1.93. The van der Waals surface area contributed by atoms with Gasteiger partial charge in [-0.25, -0.2) is 0 Å². The van der Waals surface area contributed by atoms with Crippen LogP contribution in [0.4, 0.5) is 0 Å². The van der Waals surface area contributed by atoms with Crippen molar-refractivity contribution in [3.05, 3.63) is 0 Å². The molecule has 0 aliphatic heterocycles. The van der Waals surface area contributed by atoms with Crippen molar-refractivity contribution in [3.63, 3.8) is 0 Å². The Bertz CT molecular complexity index is 9.61. The number of halogens is 1. The fraction of sp³-hybridized carbons (Fsp3) is 1.00. The van der Waals surface area contributed by atoms with Gasteiger partial charge in [0.05, 0.1) is 0 Å². The van der Waals surface area contributed by atoms with Crippen molar-refractivity contribution in [1.29, 1.82) is 0 Å². The van der Waals surface area contributed by atoms with Crippen molar-refractivity contribution < 1.29 is 0 Å². The predicted octanol–water partition coefficient (Wildman–Crippen LogP) is 0.543. The van der Waals surface area contributed by atoms with E-state index in [0.29, 0.717) is 0 Å². The minimum Gasteiger partial charge on any atom is -0.138 e. The lowest BCUT2D eigenvalue weighted by Crippen LogP contribution is -1.33. The van der Waals surface area contributed by atoms with Gasteiger partial charge in [-0.05, 0) is 6.16 Å². The number of hydrogen-bond donors (Lipinski definition) is 0. The van der Waals surface area contributed by atoms with Gasteiger partial charge in [0.2, 0.25) is 0 Å². The maximum atomic E-state index is 2.58. The van der Waals surface area contributed by atoms with Crippen LogP contribution in [0.5, 0.6) is 0 Å². The van der Waals surface area contributed by atoms with E-state index in [9.17, 15) is 0 Å². The number of hydrogen-bond acceptors (Lipinski definition) is 0. The highest BCUT2D eigenvalue weighted by atomic mass is 79.9. The summed E-state index contributed by atoms with van der Waals surface area (Å²) < 4.78 is 0. The van der Waals surface area contributed by atoms with Gasteiger partial charge in [0.25, 0.3) is 0 Å². The second kappa shape index (κ2) is 17.3. The molecule has 1 atom stereocenters. The molecule has 0 aromatic heterocycles. The summed E-state index contributed by atoms with van der Waals surface area (Å²) in [6.07, 6.45) is 1.17. The first kappa shape index (κ1) is 15.9. The van der Waals surface area contributed by atoms with Crippen LogP contribution in [0.15, 0.2) is 0 Å². The highest BCUT2D eigenvalue weighted by molar-refractivity contribution is 8.93. The highest BCUT2D eigenvalue weighted by Gasteiger charge is 1.35. The van der Waals surface area contributed by atoms with Gasteiger partial charge in [-0.1, -0.05) is 6.92 Å². The summed E-state index contributed by atoms with van der Waals surface area (Å²) in [4.78, 5) is 0. The average molecular weight is 169 g/mol. The van der Waals surface area contributed by atoms with Crippen LogP contribution in [0.25, 0.3) is 0 Å². The molecular weight excluding hydrogens is 159 g/mol. The van der Waals surface area contributed by atoms with Crippen LogP contribution >= 0.6 is 26.2 Å². The molecule has 1 unspecified atom stereocenters. The van der Waals surface area contributed by atoms with E-state index in [0.717, 1.165) is 0 Å². The zero-order valence-corrected chi connectivity index (χ0v) is 5.56. The van der Waals surface area contributed by atoms with Crippen molar-refractivity contribution in [2.75, 3.05) is 6.16 Å². The van der Waals surface area contributed by atoms with Gasteiger partial charge in [0, 0.05) is 0 Å². The lowest BCUT2D eigenvalue weighted by molar-refractivity contribution is 1.53. The molecule has 0 heterocycles. The van der Waals surface area contributed by atoms with Gasteiger partial charge in [-0.15, -0.1) is 26.2 Å². The molecule has 32 valence electrons. The first-order chi connectivity index (χ1) is 1.41. The van der Waals surface area contributed by atoms with Crippen molar-refractivity contribution in [2.24, 2.45) is 0 Å². The van der Waals surface area contributed by atoms with Gasteiger partial charge < -0.3 is 0 Å². The molecule has 0 amide bonds. The van der Waals surface area contributed by atoms with E-state index in [-0.39, 0.29) is 40.0 Å². The Morgan fingerprint density at radius 1 is 1.60 bits per heavy atom.